The van der Waals surface area contributed by atoms with Crippen LogP contribution in [-0.4, -0.2) is 41.7 Å². The fourth-order valence-electron chi connectivity index (χ4n) is 2.56. The van der Waals surface area contributed by atoms with E-state index in [2.05, 4.69) is 0 Å². The minimum Gasteiger partial charge on any atom is -0.493 e. The molecule has 2 aliphatic rings. The smallest absolute Gasteiger partial charge is 0.124 e. The van der Waals surface area contributed by atoms with Crippen LogP contribution in [0.15, 0.2) is 36.4 Å². The third-order valence-corrected chi connectivity index (χ3v) is 6.20. The van der Waals surface area contributed by atoms with Crippen LogP contribution in [0.5, 0.6) is 5.75 Å². The topological polar surface area (TPSA) is 118 Å². The quantitative estimate of drug-likeness (QED) is 0.545. The molecule has 0 aromatic heterocycles. The summed E-state index contributed by atoms with van der Waals surface area (Å²) in [5.41, 5.74) is 0.640. The molecule has 0 heterocycles. The van der Waals surface area contributed by atoms with Crippen molar-refractivity contribution in [2.45, 2.75) is 25.7 Å². The van der Waals surface area contributed by atoms with Crippen LogP contribution < -0.4 is 4.74 Å². The summed E-state index contributed by atoms with van der Waals surface area (Å²) in [7, 11) is 0. The Morgan fingerprint density at radius 3 is 1.67 bits per heavy atom. The number of aliphatic hydroxyl groups is 3. The standard InChI is InChI=1S/C12H12ClNO2.C7H3ClFN.C5H10O2/c13-11-5-10(2-1-9(11)6-14)16-8-12(7-15)3-4-12;8-7-3-6(9)2-1-5(7)4-10;6-3-5(4-7)1-2-5/h1-2,5,15H,3-4,7-8H2;1-3H;6-7H,1-4H2. The van der Waals surface area contributed by atoms with Crippen molar-refractivity contribution in [2.75, 3.05) is 26.4 Å². The number of hydrogen-bond acceptors (Lipinski definition) is 6. The molecule has 4 rings (SSSR count). The average molecular weight is 495 g/mol. The van der Waals surface area contributed by atoms with E-state index in [0.717, 1.165) is 31.7 Å². The third-order valence-electron chi connectivity index (χ3n) is 5.58. The summed E-state index contributed by atoms with van der Waals surface area (Å²) in [5, 5.41) is 43.7. The zero-order chi connectivity index (χ0) is 24.5. The van der Waals surface area contributed by atoms with E-state index in [1.165, 1.54) is 12.1 Å². The molecular weight excluding hydrogens is 470 g/mol. The Morgan fingerprint density at radius 1 is 0.818 bits per heavy atom. The van der Waals surface area contributed by atoms with Crippen LogP contribution in [0.25, 0.3) is 0 Å². The van der Waals surface area contributed by atoms with Gasteiger partial charge in [-0.05, 0) is 56.0 Å². The highest BCUT2D eigenvalue weighted by Crippen LogP contribution is 2.45. The molecule has 2 aromatic rings. The van der Waals surface area contributed by atoms with E-state index in [1.807, 2.05) is 12.1 Å². The van der Waals surface area contributed by atoms with Crippen molar-refractivity contribution < 1.29 is 24.4 Å². The van der Waals surface area contributed by atoms with E-state index in [0.29, 0.717) is 28.5 Å². The second kappa shape index (κ2) is 12.2. The summed E-state index contributed by atoms with van der Waals surface area (Å²) in [6.07, 6.45) is 4.01. The summed E-state index contributed by atoms with van der Waals surface area (Å²) in [6.45, 7) is 0.982. The van der Waals surface area contributed by atoms with Crippen molar-refractivity contribution in [3.05, 3.63) is 63.4 Å². The van der Waals surface area contributed by atoms with Gasteiger partial charge >= 0.3 is 0 Å². The van der Waals surface area contributed by atoms with Crippen LogP contribution in [-0.2, 0) is 0 Å². The van der Waals surface area contributed by atoms with Crippen LogP contribution in [0.3, 0.4) is 0 Å². The maximum atomic E-state index is 12.3. The predicted molar refractivity (Wildman–Crippen MR) is 122 cm³/mol. The van der Waals surface area contributed by atoms with Crippen molar-refractivity contribution in [1.29, 1.82) is 10.5 Å². The van der Waals surface area contributed by atoms with Crippen LogP contribution in [0.4, 0.5) is 4.39 Å². The van der Waals surface area contributed by atoms with Crippen LogP contribution in [0.1, 0.15) is 36.8 Å². The summed E-state index contributed by atoms with van der Waals surface area (Å²) in [5.74, 6) is 0.215. The molecule has 0 amide bonds. The zero-order valence-electron chi connectivity index (χ0n) is 17.9. The van der Waals surface area contributed by atoms with Gasteiger partial charge in [-0.2, -0.15) is 10.5 Å². The van der Waals surface area contributed by atoms with E-state index >= 15 is 0 Å². The van der Waals surface area contributed by atoms with Crippen molar-refractivity contribution in [3.8, 4) is 17.9 Å². The predicted octanol–water partition coefficient (Wildman–Crippen LogP) is 4.46. The lowest BCUT2D eigenvalue weighted by molar-refractivity contribution is 0.134. The lowest BCUT2D eigenvalue weighted by Crippen LogP contribution is -2.17. The molecule has 0 radical (unpaired) electrons. The van der Waals surface area contributed by atoms with Gasteiger partial charge in [0.05, 0.1) is 47.6 Å². The summed E-state index contributed by atoms with van der Waals surface area (Å²) in [4.78, 5) is 0. The molecular formula is C24H25Cl2FN2O4. The monoisotopic (exact) mass is 494 g/mol. The van der Waals surface area contributed by atoms with Gasteiger partial charge in [-0.1, -0.05) is 23.2 Å². The summed E-state index contributed by atoms with van der Waals surface area (Å²) in [6, 6.07) is 12.5. The van der Waals surface area contributed by atoms with Gasteiger partial charge in [0.2, 0.25) is 0 Å². The zero-order valence-corrected chi connectivity index (χ0v) is 19.4. The molecule has 2 aliphatic carbocycles. The van der Waals surface area contributed by atoms with E-state index in [9.17, 15) is 4.39 Å². The number of rotatable bonds is 6. The fourth-order valence-corrected chi connectivity index (χ4v) is 2.98. The number of nitriles is 2. The molecule has 2 fully saturated rings. The highest BCUT2D eigenvalue weighted by atomic mass is 35.5. The fraction of sp³-hybridized carbons (Fsp3) is 0.417. The van der Waals surface area contributed by atoms with E-state index in [4.69, 9.17) is 53.8 Å². The average Bonchev–Trinajstić information content (AvgIpc) is 3.75. The van der Waals surface area contributed by atoms with Crippen molar-refractivity contribution in [2.24, 2.45) is 10.8 Å². The largest absolute Gasteiger partial charge is 0.493 e. The molecule has 2 saturated carbocycles. The number of benzene rings is 2. The highest BCUT2D eigenvalue weighted by molar-refractivity contribution is 6.32. The summed E-state index contributed by atoms with van der Waals surface area (Å²) < 4.78 is 17.8. The van der Waals surface area contributed by atoms with Gasteiger partial charge in [0, 0.05) is 16.9 Å². The second-order valence-corrected chi connectivity index (χ2v) is 9.07. The first-order valence-corrected chi connectivity index (χ1v) is 11.0. The Bertz CT molecular complexity index is 1020. The van der Waals surface area contributed by atoms with Gasteiger partial charge in [0.25, 0.3) is 0 Å². The number of hydrogen-bond donors (Lipinski definition) is 3. The first-order chi connectivity index (χ1) is 15.8. The van der Waals surface area contributed by atoms with Crippen LogP contribution in [0, 0.1) is 39.3 Å². The Labute approximate surface area is 202 Å². The summed E-state index contributed by atoms with van der Waals surface area (Å²) >= 11 is 11.3. The molecule has 9 heteroatoms. The molecule has 0 spiro atoms. The van der Waals surface area contributed by atoms with E-state index in [-0.39, 0.29) is 35.7 Å². The minimum atomic E-state index is -0.427. The molecule has 0 bridgehead atoms. The Balaban J connectivity index is 0.000000193. The van der Waals surface area contributed by atoms with Crippen molar-refractivity contribution >= 4 is 23.2 Å². The molecule has 0 unspecified atom stereocenters. The number of aliphatic hydroxyl groups excluding tert-OH is 3. The maximum Gasteiger partial charge on any atom is 0.124 e. The SMILES string of the molecule is N#Cc1ccc(F)cc1Cl.N#Cc1ccc(OCC2(CO)CC2)cc1Cl.OCC1(CO)CC1. The van der Waals surface area contributed by atoms with Crippen molar-refractivity contribution in [1.82, 2.24) is 0 Å². The van der Waals surface area contributed by atoms with Gasteiger partial charge in [-0.3, -0.25) is 0 Å². The van der Waals surface area contributed by atoms with Gasteiger partial charge < -0.3 is 20.1 Å². The normalized spacial score (nSPS) is 16.0. The Hall–Kier alpha value is -2.39. The minimum absolute atomic E-state index is 0.0413. The lowest BCUT2D eigenvalue weighted by atomic mass is 10.1. The molecule has 3 N–H and O–H groups in total. The number of halogens is 3. The van der Waals surface area contributed by atoms with E-state index in [1.54, 1.807) is 18.2 Å². The first-order valence-electron chi connectivity index (χ1n) is 10.3. The van der Waals surface area contributed by atoms with Gasteiger partial charge in [0.15, 0.2) is 0 Å². The van der Waals surface area contributed by atoms with Crippen LogP contribution in [0.2, 0.25) is 10.0 Å². The molecule has 2 aromatic carbocycles. The maximum absolute atomic E-state index is 12.3. The Morgan fingerprint density at radius 2 is 1.30 bits per heavy atom. The Kier molecular flexibility index (Phi) is 9.91. The second-order valence-electron chi connectivity index (χ2n) is 8.25. The van der Waals surface area contributed by atoms with E-state index < -0.39 is 5.82 Å². The molecule has 0 aliphatic heterocycles. The first kappa shape index (κ1) is 26.9. The third kappa shape index (κ3) is 8.16. The van der Waals surface area contributed by atoms with Crippen LogP contribution >= 0.6 is 23.2 Å². The molecule has 33 heavy (non-hydrogen) atoms. The van der Waals surface area contributed by atoms with Crippen molar-refractivity contribution in [3.63, 3.8) is 0 Å². The highest BCUT2D eigenvalue weighted by Gasteiger charge is 2.43. The molecule has 0 saturated heterocycles. The number of ether oxygens (including phenoxy) is 1. The van der Waals surface area contributed by atoms with Gasteiger partial charge in [-0.25, -0.2) is 4.39 Å². The van der Waals surface area contributed by atoms with Gasteiger partial charge in [-0.15, -0.1) is 0 Å². The molecule has 176 valence electrons. The molecule has 0 atom stereocenters. The lowest BCUT2D eigenvalue weighted by Gasteiger charge is -2.13. The molecule has 6 nitrogen and oxygen atoms in total. The number of nitrogens with zero attached hydrogens (tertiary/aromatic N) is 2. The van der Waals surface area contributed by atoms with Gasteiger partial charge in [0.1, 0.15) is 23.7 Å².